The van der Waals surface area contributed by atoms with E-state index < -0.39 is 16.1 Å². The second kappa shape index (κ2) is 10.4. The van der Waals surface area contributed by atoms with Gasteiger partial charge in [-0.05, 0) is 86.9 Å². The van der Waals surface area contributed by atoms with E-state index in [1.54, 1.807) is 24.3 Å². The number of rotatable bonds is 9. The van der Waals surface area contributed by atoms with Gasteiger partial charge in [-0.1, -0.05) is 25.1 Å². The third kappa shape index (κ3) is 5.63. The Labute approximate surface area is 192 Å². The van der Waals surface area contributed by atoms with Crippen LogP contribution in [0.15, 0.2) is 42.5 Å². The van der Waals surface area contributed by atoms with Crippen molar-refractivity contribution >= 4 is 21.6 Å². The lowest BCUT2D eigenvalue weighted by Gasteiger charge is -2.31. The van der Waals surface area contributed by atoms with Gasteiger partial charge in [0.25, 0.3) is 0 Å². The average molecular weight is 459 g/mol. The van der Waals surface area contributed by atoms with Gasteiger partial charge < -0.3 is 10.1 Å². The number of carbonyl (C=O) groups excluding carboxylic acids is 1. The lowest BCUT2D eigenvalue weighted by atomic mass is 9.89. The molecule has 2 aromatic rings. The van der Waals surface area contributed by atoms with Crippen molar-refractivity contribution in [1.82, 2.24) is 5.32 Å². The zero-order valence-corrected chi connectivity index (χ0v) is 20.2. The number of sulfonamides is 1. The van der Waals surface area contributed by atoms with E-state index in [1.807, 2.05) is 20.8 Å². The zero-order valence-electron chi connectivity index (χ0n) is 19.4. The van der Waals surface area contributed by atoms with Crippen LogP contribution in [0.4, 0.5) is 5.69 Å². The molecule has 2 atom stereocenters. The minimum Gasteiger partial charge on any atom is -0.494 e. The molecule has 1 aliphatic carbocycles. The van der Waals surface area contributed by atoms with Gasteiger partial charge in [0, 0.05) is 0 Å². The molecule has 0 unspecified atom stereocenters. The molecule has 0 spiro atoms. The molecule has 6 nitrogen and oxygen atoms in total. The highest BCUT2D eigenvalue weighted by Gasteiger charge is 2.32. The maximum absolute atomic E-state index is 13.2. The van der Waals surface area contributed by atoms with Gasteiger partial charge in [-0.25, -0.2) is 8.42 Å². The van der Waals surface area contributed by atoms with Crippen LogP contribution in [0, 0.1) is 0 Å². The van der Waals surface area contributed by atoms with Crippen molar-refractivity contribution in [1.29, 1.82) is 0 Å². The number of hydrogen-bond acceptors (Lipinski definition) is 4. The van der Waals surface area contributed by atoms with Gasteiger partial charge in [-0.2, -0.15) is 0 Å². The lowest BCUT2D eigenvalue weighted by Crippen LogP contribution is -2.49. The number of amides is 1. The minimum absolute atomic E-state index is 0.217. The Bertz CT molecular complexity index is 1030. The third-order valence-corrected chi connectivity index (χ3v) is 7.14. The molecule has 0 fully saturated rings. The molecule has 1 N–H and O–H groups in total. The predicted molar refractivity (Wildman–Crippen MR) is 129 cm³/mol. The van der Waals surface area contributed by atoms with Gasteiger partial charge in [0.1, 0.15) is 11.8 Å². The van der Waals surface area contributed by atoms with Crippen LogP contribution < -0.4 is 14.4 Å². The topological polar surface area (TPSA) is 75.7 Å². The largest absolute Gasteiger partial charge is 0.494 e. The molecule has 32 heavy (non-hydrogen) atoms. The molecule has 0 aromatic heterocycles. The van der Waals surface area contributed by atoms with E-state index in [9.17, 15) is 13.2 Å². The number of anilines is 1. The summed E-state index contributed by atoms with van der Waals surface area (Å²) >= 11 is 0. The van der Waals surface area contributed by atoms with Gasteiger partial charge in [-0.3, -0.25) is 9.10 Å². The monoisotopic (exact) mass is 458 g/mol. The molecular weight excluding hydrogens is 424 g/mol. The first-order valence-electron chi connectivity index (χ1n) is 11.4. The Morgan fingerprint density at radius 3 is 2.31 bits per heavy atom. The summed E-state index contributed by atoms with van der Waals surface area (Å²) in [6.45, 7) is 6.17. The second-order valence-corrected chi connectivity index (χ2v) is 10.2. The summed E-state index contributed by atoms with van der Waals surface area (Å²) < 4.78 is 32.0. The maximum Gasteiger partial charge on any atom is 0.244 e. The highest BCUT2D eigenvalue weighted by atomic mass is 32.2. The second-order valence-electron chi connectivity index (χ2n) is 8.38. The van der Waals surface area contributed by atoms with Gasteiger partial charge >= 0.3 is 0 Å². The smallest absolute Gasteiger partial charge is 0.244 e. The van der Waals surface area contributed by atoms with Crippen molar-refractivity contribution in [3.63, 3.8) is 0 Å². The number of ether oxygens (including phenoxy) is 1. The van der Waals surface area contributed by atoms with Crippen LogP contribution in [0.1, 0.15) is 62.8 Å². The Morgan fingerprint density at radius 2 is 1.72 bits per heavy atom. The minimum atomic E-state index is -3.68. The molecule has 1 aliphatic rings. The molecule has 0 heterocycles. The Morgan fingerprint density at radius 1 is 1.06 bits per heavy atom. The Kier molecular flexibility index (Phi) is 7.82. The molecule has 7 heteroatoms. The Hall–Kier alpha value is -2.54. The van der Waals surface area contributed by atoms with Crippen LogP contribution in [0.3, 0.4) is 0 Å². The standard InChI is InChI=1S/C25H34N2O4S/c1-5-24(27(32(4,29)30)22-13-15-23(16-14-22)31-6-2)25(28)26-18(3)20-12-11-19-9-7-8-10-21(19)17-20/h11-18,24H,5-10H2,1-4H3,(H,26,28)/t18-,24+/m0/s1. The van der Waals surface area contributed by atoms with Gasteiger partial charge in [-0.15, -0.1) is 0 Å². The van der Waals surface area contributed by atoms with Crippen LogP contribution in [0.2, 0.25) is 0 Å². The fourth-order valence-corrected chi connectivity index (χ4v) is 5.54. The SMILES string of the molecule is CCOc1ccc(N([C@H](CC)C(=O)N[C@@H](C)c2ccc3c(c2)CCCC3)S(C)(=O)=O)cc1. The van der Waals surface area contributed by atoms with Crippen LogP contribution >= 0.6 is 0 Å². The number of aryl methyl sites for hydroxylation is 2. The van der Waals surface area contributed by atoms with Crippen molar-refractivity contribution in [2.24, 2.45) is 0 Å². The van der Waals surface area contributed by atoms with E-state index in [-0.39, 0.29) is 11.9 Å². The highest BCUT2D eigenvalue weighted by Crippen LogP contribution is 2.27. The van der Waals surface area contributed by atoms with E-state index in [1.165, 1.54) is 28.3 Å². The molecular formula is C25H34N2O4S. The fourth-order valence-electron chi connectivity index (χ4n) is 4.33. The summed E-state index contributed by atoms with van der Waals surface area (Å²) in [4.78, 5) is 13.2. The molecule has 0 saturated carbocycles. The molecule has 0 bridgehead atoms. The first-order chi connectivity index (χ1) is 15.2. The summed E-state index contributed by atoms with van der Waals surface area (Å²) in [5.74, 6) is 0.347. The molecule has 0 aliphatic heterocycles. The van der Waals surface area contributed by atoms with E-state index in [4.69, 9.17) is 4.74 Å². The Balaban J connectivity index is 1.81. The van der Waals surface area contributed by atoms with Gasteiger partial charge in [0.15, 0.2) is 0 Å². The molecule has 3 rings (SSSR count). The number of carbonyl (C=O) groups is 1. The summed E-state index contributed by atoms with van der Waals surface area (Å²) in [6, 6.07) is 12.1. The van der Waals surface area contributed by atoms with Crippen molar-refractivity contribution in [2.45, 2.75) is 65.0 Å². The van der Waals surface area contributed by atoms with Crippen LogP contribution in [-0.2, 0) is 27.7 Å². The maximum atomic E-state index is 13.2. The number of nitrogens with zero attached hydrogens (tertiary/aromatic N) is 1. The van der Waals surface area contributed by atoms with Crippen LogP contribution in [0.25, 0.3) is 0 Å². The molecule has 174 valence electrons. The number of nitrogens with one attached hydrogen (secondary N) is 1. The number of fused-ring (bicyclic) bond motifs is 1. The third-order valence-electron chi connectivity index (χ3n) is 5.96. The molecule has 1 amide bonds. The van der Waals surface area contributed by atoms with Crippen molar-refractivity contribution in [3.05, 3.63) is 59.2 Å². The summed E-state index contributed by atoms with van der Waals surface area (Å²) in [7, 11) is -3.68. The fraction of sp³-hybridized carbons (Fsp3) is 0.480. The predicted octanol–water partition coefficient (Wildman–Crippen LogP) is 4.39. The van der Waals surface area contributed by atoms with Gasteiger partial charge in [0.2, 0.25) is 15.9 Å². The summed E-state index contributed by atoms with van der Waals surface area (Å²) in [6.07, 6.45) is 6.08. The highest BCUT2D eigenvalue weighted by molar-refractivity contribution is 7.92. The van der Waals surface area contributed by atoms with Crippen molar-refractivity contribution in [2.75, 3.05) is 17.2 Å². The summed E-state index contributed by atoms with van der Waals surface area (Å²) in [5.41, 5.74) is 4.23. The van der Waals surface area contributed by atoms with E-state index >= 15 is 0 Å². The van der Waals surface area contributed by atoms with E-state index in [0.29, 0.717) is 24.5 Å². The molecule has 0 saturated heterocycles. The van der Waals surface area contributed by atoms with Crippen LogP contribution in [-0.4, -0.2) is 33.2 Å². The average Bonchev–Trinajstić information content (AvgIpc) is 2.77. The quantitative estimate of drug-likeness (QED) is 0.605. The van der Waals surface area contributed by atoms with E-state index in [0.717, 1.165) is 24.7 Å². The van der Waals surface area contributed by atoms with Crippen molar-refractivity contribution < 1.29 is 17.9 Å². The van der Waals surface area contributed by atoms with Crippen LogP contribution in [0.5, 0.6) is 5.75 Å². The first kappa shape index (κ1) is 24.1. The van der Waals surface area contributed by atoms with E-state index in [2.05, 4.69) is 23.5 Å². The summed E-state index contributed by atoms with van der Waals surface area (Å²) in [5, 5.41) is 3.04. The number of benzene rings is 2. The zero-order chi connectivity index (χ0) is 23.3. The lowest BCUT2D eigenvalue weighted by molar-refractivity contribution is -0.122. The normalized spacial score (nSPS) is 15.4. The van der Waals surface area contributed by atoms with Gasteiger partial charge in [0.05, 0.1) is 24.6 Å². The number of hydrogen-bond donors (Lipinski definition) is 1. The molecule has 0 radical (unpaired) electrons. The first-order valence-corrected chi connectivity index (χ1v) is 13.2. The van der Waals surface area contributed by atoms with Crippen molar-refractivity contribution in [3.8, 4) is 5.75 Å². The molecule has 2 aromatic carbocycles.